The fraction of sp³-hybridized carbons (Fsp3) is 0.263. The third-order valence-electron chi connectivity index (χ3n) is 4.39. The van der Waals surface area contributed by atoms with Gasteiger partial charge in [0, 0.05) is 22.1 Å². The van der Waals surface area contributed by atoms with Crippen LogP contribution in [0.15, 0.2) is 53.0 Å². The Kier molecular flexibility index (Phi) is 5.89. The molecule has 0 saturated carbocycles. The number of H-pyrrole nitrogens is 1. The summed E-state index contributed by atoms with van der Waals surface area (Å²) < 4.78 is 1.06. The van der Waals surface area contributed by atoms with E-state index in [2.05, 4.69) is 60.3 Å². The van der Waals surface area contributed by atoms with Crippen LogP contribution in [-0.4, -0.2) is 33.2 Å². The quantitative estimate of drug-likeness (QED) is 0.653. The molecule has 1 saturated heterocycles. The van der Waals surface area contributed by atoms with Crippen molar-refractivity contribution in [2.75, 3.05) is 13.1 Å². The third kappa shape index (κ3) is 4.29. The summed E-state index contributed by atoms with van der Waals surface area (Å²) in [7, 11) is 0. The van der Waals surface area contributed by atoms with Crippen LogP contribution in [0.25, 0.3) is 22.8 Å². The number of hydrogen-bond donors (Lipinski definition) is 1. The molecule has 2 aromatic carbocycles. The zero-order valence-corrected chi connectivity index (χ0v) is 16.2. The van der Waals surface area contributed by atoms with Crippen LogP contribution in [0.1, 0.15) is 18.4 Å². The highest BCUT2D eigenvalue weighted by Crippen LogP contribution is 2.23. The SMILES string of the molecule is Brc1ccc(-c2nc(-c3cccc(CN4CCCC4)c3)n[nH]2)cc1.Cl. The van der Waals surface area contributed by atoms with E-state index in [4.69, 9.17) is 0 Å². The van der Waals surface area contributed by atoms with Crippen molar-refractivity contribution < 1.29 is 0 Å². The molecular formula is C19H20BrClN4. The van der Waals surface area contributed by atoms with E-state index in [1.54, 1.807) is 0 Å². The Bertz CT molecular complexity index is 825. The zero-order chi connectivity index (χ0) is 16.4. The standard InChI is InChI=1S/C19H19BrN4.ClH/c20-17-8-6-15(7-9-17)18-21-19(23-22-18)16-5-3-4-14(12-16)13-24-10-1-2-11-24;/h3-9,12H,1-2,10-11,13H2,(H,21,22,23);1H. The van der Waals surface area contributed by atoms with Gasteiger partial charge in [-0.05, 0) is 49.7 Å². The monoisotopic (exact) mass is 418 g/mol. The molecule has 0 aliphatic carbocycles. The summed E-state index contributed by atoms with van der Waals surface area (Å²) in [5.41, 5.74) is 3.42. The zero-order valence-electron chi connectivity index (χ0n) is 13.8. The van der Waals surface area contributed by atoms with Gasteiger partial charge >= 0.3 is 0 Å². The first-order valence-electron chi connectivity index (χ1n) is 8.28. The van der Waals surface area contributed by atoms with Gasteiger partial charge < -0.3 is 0 Å². The Labute approximate surface area is 162 Å². The summed E-state index contributed by atoms with van der Waals surface area (Å²) >= 11 is 3.45. The fourth-order valence-electron chi connectivity index (χ4n) is 3.14. The average Bonchev–Trinajstić information content (AvgIpc) is 3.28. The normalized spacial score (nSPS) is 14.4. The maximum atomic E-state index is 4.66. The third-order valence-corrected chi connectivity index (χ3v) is 4.92. The predicted octanol–water partition coefficient (Wildman–Crippen LogP) is 4.92. The van der Waals surface area contributed by atoms with E-state index in [9.17, 15) is 0 Å². The lowest BCUT2D eigenvalue weighted by Gasteiger charge is -2.14. The highest BCUT2D eigenvalue weighted by molar-refractivity contribution is 9.10. The van der Waals surface area contributed by atoms with Crippen LogP contribution in [-0.2, 0) is 6.54 Å². The van der Waals surface area contributed by atoms with Gasteiger partial charge in [0.15, 0.2) is 11.6 Å². The van der Waals surface area contributed by atoms with Crippen molar-refractivity contribution in [2.24, 2.45) is 0 Å². The van der Waals surface area contributed by atoms with Gasteiger partial charge in [0.25, 0.3) is 0 Å². The minimum atomic E-state index is 0. The highest BCUT2D eigenvalue weighted by Gasteiger charge is 2.13. The summed E-state index contributed by atoms with van der Waals surface area (Å²) in [6, 6.07) is 16.6. The Hall–Kier alpha value is -1.69. The summed E-state index contributed by atoms with van der Waals surface area (Å²) in [4.78, 5) is 7.16. The number of nitrogens with one attached hydrogen (secondary N) is 1. The number of aromatic amines is 1. The van der Waals surface area contributed by atoms with Gasteiger partial charge in [-0.25, -0.2) is 4.98 Å². The van der Waals surface area contributed by atoms with E-state index >= 15 is 0 Å². The van der Waals surface area contributed by atoms with E-state index in [-0.39, 0.29) is 12.4 Å². The first-order valence-corrected chi connectivity index (χ1v) is 9.07. The second-order valence-corrected chi connectivity index (χ2v) is 7.11. The molecular weight excluding hydrogens is 400 g/mol. The molecule has 0 bridgehead atoms. The molecule has 1 N–H and O–H groups in total. The Morgan fingerprint density at radius 3 is 2.52 bits per heavy atom. The van der Waals surface area contributed by atoms with Gasteiger partial charge in [0.2, 0.25) is 0 Å². The maximum Gasteiger partial charge on any atom is 0.181 e. The van der Waals surface area contributed by atoms with Crippen LogP contribution in [0.2, 0.25) is 0 Å². The number of halogens is 2. The summed E-state index contributed by atoms with van der Waals surface area (Å²) in [6.45, 7) is 3.43. The second-order valence-electron chi connectivity index (χ2n) is 6.20. The molecule has 4 rings (SSSR count). The van der Waals surface area contributed by atoms with Crippen molar-refractivity contribution in [3.63, 3.8) is 0 Å². The van der Waals surface area contributed by atoms with E-state index in [0.717, 1.165) is 33.8 Å². The summed E-state index contributed by atoms with van der Waals surface area (Å²) in [6.07, 6.45) is 2.63. The molecule has 1 fully saturated rings. The summed E-state index contributed by atoms with van der Waals surface area (Å²) in [5.74, 6) is 1.54. The lowest BCUT2D eigenvalue weighted by molar-refractivity contribution is 0.331. The van der Waals surface area contributed by atoms with Crippen LogP contribution < -0.4 is 0 Å². The largest absolute Gasteiger partial charge is 0.299 e. The molecule has 2 heterocycles. The second kappa shape index (κ2) is 8.13. The molecule has 3 aromatic rings. The molecule has 0 spiro atoms. The molecule has 1 aliphatic heterocycles. The van der Waals surface area contributed by atoms with Crippen LogP contribution in [0.4, 0.5) is 0 Å². The number of likely N-dealkylation sites (tertiary alicyclic amines) is 1. The van der Waals surface area contributed by atoms with Crippen molar-refractivity contribution in [3.05, 3.63) is 58.6 Å². The number of rotatable bonds is 4. The van der Waals surface area contributed by atoms with Crippen molar-refractivity contribution in [1.29, 1.82) is 0 Å². The van der Waals surface area contributed by atoms with Crippen LogP contribution in [0.3, 0.4) is 0 Å². The van der Waals surface area contributed by atoms with Crippen LogP contribution >= 0.6 is 28.3 Å². The van der Waals surface area contributed by atoms with E-state index in [1.807, 2.05) is 24.3 Å². The van der Waals surface area contributed by atoms with Crippen molar-refractivity contribution >= 4 is 28.3 Å². The molecule has 0 unspecified atom stereocenters. The van der Waals surface area contributed by atoms with Gasteiger partial charge in [-0.15, -0.1) is 12.4 Å². The average molecular weight is 420 g/mol. The molecule has 1 aromatic heterocycles. The van der Waals surface area contributed by atoms with Gasteiger partial charge in [-0.2, -0.15) is 5.10 Å². The van der Waals surface area contributed by atoms with Crippen LogP contribution in [0, 0.1) is 0 Å². The first-order chi connectivity index (χ1) is 11.8. The number of hydrogen-bond acceptors (Lipinski definition) is 3. The fourth-order valence-corrected chi connectivity index (χ4v) is 3.40. The van der Waals surface area contributed by atoms with Gasteiger partial charge in [-0.3, -0.25) is 10.00 Å². The minimum Gasteiger partial charge on any atom is -0.299 e. The molecule has 0 atom stereocenters. The Balaban J connectivity index is 0.00000182. The Morgan fingerprint density at radius 1 is 1.00 bits per heavy atom. The van der Waals surface area contributed by atoms with Crippen LogP contribution in [0.5, 0.6) is 0 Å². The lowest BCUT2D eigenvalue weighted by atomic mass is 10.1. The van der Waals surface area contributed by atoms with Crippen molar-refractivity contribution in [3.8, 4) is 22.8 Å². The molecule has 25 heavy (non-hydrogen) atoms. The molecule has 4 nitrogen and oxygen atoms in total. The smallest absolute Gasteiger partial charge is 0.181 e. The number of benzene rings is 2. The Morgan fingerprint density at radius 2 is 1.76 bits per heavy atom. The van der Waals surface area contributed by atoms with E-state index < -0.39 is 0 Å². The molecule has 130 valence electrons. The van der Waals surface area contributed by atoms with Gasteiger partial charge in [0.05, 0.1) is 0 Å². The van der Waals surface area contributed by atoms with Gasteiger partial charge in [-0.1, -0.05) is 46.3 Å². The molecule has 6 heteroatoms. The van der Waals surface area contributed by atoms with E-state index in [1.165, 1.54) is 31.5 Å². The maximum absolute atomic E-state index is 4.66. The number of nitrogens with zero attached hydrogens (tertiary/aromatic N) is 3. The summed E-state index contributed by atoms with van der Waals surface area (Å²) in [5, 5.41) is 7.44. The topological polar surface area (TPSA) is 44.8 Å². The highest BCUT2D eigenvalue weighted by atomic mass is 79.9. The molecule has 0 radical (unpaired) electrons. The molecule has 0 amide bonds. The van der Waals surface area contributed by atoms with Crippen molar-refractivity contribution in [2.45, 2.75) is 19.4 Å². The number of aromatic nitrogens is 3. The van der Waals surface area contributed by atoms with Gasteiger partial charge in [0.1, 0.15) is 0 Å². The minimum absolute atomic E-state index is 0. The molecule has 1 aliphatic rings. The first kappa shape index (κ1) is 18.1. The van der Waals surface area contributed by atoms with Crippen molar-refractivity contribution in [1.82, 2.24) is 20.1 Å². The predicted molar refractivity (Wildman–Crippen MR) is 107 cm³/mol. The van der Waals surface area contributed by atoms with E-state index in [0.29, 0.717) is 0 Å². The lowest BCUT2D eigenvalue weighted by Crippen LogP contribution is -2.18.